The van der Waals surface area contributed by atoms with Crippen LogP contribution in [0.25, 0.3) is 127 Å². The maximum Gasteiger partial charge on any atom is 0.0951 e. The van der Waals surface area contributed by atoms with E-state index in [2.05, 4.69) is 316 Å². The number of para-hydroxylation sites is 4. The molecule has 0 N–H and O–H groups in total. The van der Waals surface area contributed by atoms with Gasteiger partial charge < -0.3 is 18.6 Å². The summed E-state index contributed by atoms with van der Waals surface area (Å²) in [5, 5.41) is 7.40. The minimum atomic E-state index is -0.0833. The van der Waals surface area contributed by atoms with Crippen molar-refractivity contribution in [1.82, 2.24) is 13.7 Å². The van der Waals surface area contributed by atoms with Crippen molar-refractivity contribution in [3.05, 3.63) is 314 Å². The molecule has 5 heterocycles. The van der Waals surface area contributed by atoms with E-state index in [0.29, 0.717) is 0 Å². The molecular weight excluding hydrogens is 1000 g/mol. The molecule has 386 valence electrons. The van der Waals surface area contributed by atoms with Gasteiger partial charge in [0.05, 0.1) is 55.8 Å². The summed E-state index contributed by atoms with van der Waals surface area (Å²) >= 11 is 0. The minimum absolute atomic E-state index is 0.0833. The fourth-order valence-electron chi connectivity index (χ4n) is 14.4. The Morgan fingerprint density at radius 2 is 0.627 bits per heavy atom. The van der Waals surface area contributed by atoms with Gasteiger partial charge in [0.2, 0.25) is 0 Å². The third-order valence-corrected chi connectivity index (χ3v) is 18.0. The molecule has 0 bridgehead atoms. The molecule has 1 unspecified atom stereocenters. The molecule has 2 aliphatic heterocycles. The fourth-order valence-corrected chi connectivity index (χ4v) is 14.4. The molecule has 83 heavy (non-hydrogen) atoms. The highest BCUT2D eigenvalue weighted by molar-refractivity contribution is 6.18. The molecule has 0 saturated heterocycles. The lowest BCUT2D eigenvalue weighted by molar-refractivity contribution is 0.876. The molecule has 16 aromatic rings. The Balaban J connectivity index is 1.05. The summed E-state index contributed by atoms with van der Waals surface area (Å²) in [6, 6.07) is 111. The Hall–Kier alpha value is -10.9. The Morgan fingerprint density at radius 3 is 1.11 bits per heavy atom. The van der Waals surface area contributed by atoms with Crippen LogP contribution in [0.3, 0.4) is 0 Å². The van der Waals surface area contributed by atoms with E-state index in [4.69, 9.17) is 0 Å². The van der Waals surface area contributed by atoms with Gasteiger partial charge in [-0.25, -0.2) is 0 Å². The molecule has 0 spiro atoms. The number of aromatic nitrogens is 3. The Bertz CT molecular complexity index is 5100. The summed E-state index contributed by atoms with van der Waals surface area (Å²) in [5.41, 5.74) is 27.2. The predicted octanol–water partition coefficient (Wildman–Crippen LogP) is 20.9. The zero-order valence-corrected chi connectivity index (χ0v) is 45.2. The van der Waals surface area contributed by atoms with Gasteiger partial charge in [-0.1, -0.05) is 231 Å². The minimum Gasteiger partial charge on any atom is -0.308 e. The maximum atomic E-state index is 2.66. The first-order valence-corrected chi connectivity index (χ1v) is 28.8. The van der Waals surface area contributed by atoms with Crippen molar-refractivity contribution in [2.75, 3.05) is 4.90 Å². The fraction of sp³-hybridized carbons (Fsp3) is 0.0127. The summed E-state index contributed by atoms with van der Waals surface area (Å²) < 4.78 is 7.91. The molecule has 0 radical (unpaired) electrons. The number of hydrogen-bond donors (Lipinski definition) is 0. The van der Waals surface area contributed by atoms with Crippen LogP contribution in [0.2, 0.25) is 0 Å². The molecule has 2 aliphatic rings. The van der Waals surface area contributed by atoms with E-state index < -0.39 is 0 Å². The average molecular weight is 1060 g/mol. The SMILES string of the molecule is c1ccc(-c2ccc(N(c3ccc(-c4ccccc4)cc3)c3cc4c5c(c3-n3c6ccc(-c7ccccc7)cc6c6cc(-c7ccccc7)ccc63)-n3c6ccccc6c6cccc(c63)C5c3cccc5c6ccccc6n-4c35)cc2)cc1. The van der Waals surface area contributed by atoms with E-state index in [0.717, 1.165) is 33.8 Å². The van der Waals surface area contributed by atoms with E-state index in [1.807, 2.05) is 0 Å². The van der Waals surface area contributed by atoms with Gasteiger partial charge in [-0.2, -0.15) is 0 Å². The zero-order chi connectivity index (χ0) is 54.3. The van der Waals surface area contributed by atoms with Crippen LogP contribution in [0.15, 0.2) is 297 Å². The number of hydrogen-bond acceptors (Lipinski definition) is 1. The number of fused-ring (bicyclic) bond motifs is 13. The molecule has 18 rings (SSSR count). The Labute approximate surface area is 479 Å². The average Bonchev–Trinajstić information content (AvgIpc) is 1.75. The molecule has 0 amide bonds. The molecule has 1 atom stereocenters. The number of nitrogens with zero attached hydrogens (tertiary/aromatic N) is 4. The largest absolute Gasteiger partial charge is 0.308 e. The highest BCUT2D eigenvalue weighted by Gasteiger charge is 2.42. The van der Waals surface area contributed by atoms with Crippen molar-refractivity contribution >= 4 is 82.5 Å². The molecule has 4 heteroatoms. The van der Waals surface area contributed by atoms with Gasteiger partial charge >= 0.3 is 0 Å². The van der Waals surface area contributed by atoms with Crippen LogP contribution in [-0.2, 0) is 0 Å². The lowest BCUT2D eigenvalue weighted by Gasteiger charge is -2.39. The van der Waals surface area contributed by atoms with Crippen molar-refractivity contribution < 1.29 is 0 Å². The van der Waals surface area contributed by atoms with Gasteiger partial charge in [-0.3, -0.25) is 0 Å². The lowest BCUT2D eigenvalue weighted by Crippen LogP contribution is -2.25. The van der Waals surface area contributed by atoms with Gasteiger partial charge in [0.15, 0.2) is 0 Å². The molecule has 0 fully saturated rings. The first-order valence-electron chi connectivity index (χ1n) is 28.8. The first-order chi connectivity index (χ1) is 41.2. The highest BCUT2D eigenvalue weighted by atomic mass is 15.2. The van der Waals surface area contributed by atoms with Crippen LogP contribution in [0.4, 0.5) is 17.1 Å². The van der Waals surface area contributed by atoms with E-state index in [-0.39, 0.29) is 5.92 Å². The number of rotatable bonds is 8. The van der Waals surface area contributed by atoms with Crippen LogP contribution in [0, 0.1) is 0 Å². The van der Waals surface area contributed by atoms with Gasteiger partial charge in [-0.15, -0.1) is 0 Å². The zero-order valence-electron chi connectivity index (χ0n) is 45.2. The summed E-state index contributed by atoms with van der Waals surface area (Å²) in [5.74, 6) is -0.0833. The Kier molecular flexibility index (Phi) is 9.83. The maximum absolute atomic E-state index is 2.66. The second-order valence-electron chi connectivity index (χ2n) is 22.3. The van der Waals surface area contributed by atoms with Gasteiger partial charge in [-0.05, 0) is 122 Å². The monoisotopic (exact) mass is 1050 g/mol. The van der Waals surface area contributed by atoms with E-state index >= 15 is 0 Å². The van der Waals surface area contributed by atoms with Crippen molar-refractivity contribution in [2.45, 2.75) is 5.92 Å². The Morgan fingerprint density at radius 1 is 0.253 bits per heavy atom. The van der Waals surface area contributed by atoms with Crippen molar-refractivity contribution in [3.63, 3.8) is 0 Å². The van der Waals surface area contributed by atoms with Gasteiger partial charge in [0.25, 0.3) is 0 Å². The standard InChI is InChI=1S/C79H50N4/c1-5-19-50(20-6-1)54-35-41-58(42-36-54)80(59-43-37-55(38-44-59)51-21-7-2-8-22-51)73-49-72-75-74(64-31-17-29-62-60-27-13-15-33-68(60)82(72)76(62)64)65-32-18-30-63-61-28-14-16-34-69(61)83(77(63)65)79(75)78(73)81-70-45-39-56(52-23-9-3-10-24-52)47-66(70)67-48-57(40-46-71(67)81)53-25-11-4-12-26-53/h1-49,74H. The topological polar surface area (TPSA) is 18.0 Å². The lowest BCUT2D eigenvalue weighted by atomic mass is 9.77. The third kappa shape index (κ3) is 6.69. The molecule has 13 aromatic carbocycles. The molecule has 0 saturated carbocycles. The van der Waals surface area contributed by atoms with Crippen LogP contribution >= 0.6 is 0 Å². The smallest absolute Gasteiger partial charge is 0.0951 e. The summed E-state index contributed by atoms with van der Waals surface area (Å²) in [7, 11) is 0. The van der Waals surface area contributed by atoms with E-state index in [1.54, 1.807) is 0 Å². The summed E-state index contributed by atoms with van der Waals surface area (Å²) in [4.78, 5) is 2.55. The number of anilines is 3. The van der Waals surface area contributed by atoms with E-state index in [1.165, 1.54) is 127 Å². The van der Waals surface area contributed by atoms with Crippen LogP contribution in [0.5, 0.6) is 0 Å². The second kappa shape index (κ2) is 17.8. The first kappa shape index (κ1) is 45.9. The normalized spacial score (nSPS) is 13.2. The third-order valence-electron chi connectivity index (χ3n) is 18.0. The molecular formula is C79H50N4. The quantitative estimate of drug-likeness (QED) is 0.148. The summed E-state index contributed by atoms with van der Waals surface area (Å²) in [6.07, 6.45) is 0. The van der Waals surface area contributed by atoms with Crippen molar-refractivity contribution in [1.29, 1.82) is 0 Å². The number of benzene rings is 13. The van der Waals surface area contributed by atoms with Crippen molar-refractivity contribution in [2.24, 2.45) is 0 Å². The van der Waals surface area contributed by atoms with Crippen LogP contribution in [0.1, 0.15) is 22.6 Å². The second-order valence-corrected chi connectivity index (χ2v) is 22.3. The van der Waals surface area contributed by atoms with Gasteiger partial charge in [0, 0.05) is 55.2 Å². The van der Waals surface area contributed by atoms with E-state index in [9.17, 15) is 0 Å². The predicted molar refractivity (Wildman–Crippen MR) is 347 cm³/mol. The van der Waals surface area contributed by atoms with Crippen LogP contribution < -0.4 is 4.90 Å². The summed E-state index contributed by atoms with van der Waals surface area (Å²) in [6.45, 7) is 0. The molecule has 0 aliphatic carbocycles. The molecule has 3 aromatic heterocycles. The van der Waals surface area contributed by atoms with Crippen LogP contribution in [-0.4, -0.2) is 13.7 Å². The van der Waals surface area contributed by atoms with Gasteiger partial charge in [0.1, 0.15) is 0 Å². The highest BCUT2D eigenvalue weighted by Crippen LogP contribution is 2.59. The van der Waals surface area contributed by atoms with Crippen molar-refractivity contribution in [3.8, 4) is 61.6 Å². The molecule has 4 nitrogen and oxygen atoms in total.